The van der Waals surface area contributed by atoms with Crippen molar-refractivity contribution in [3.05, 3.63) is 29.6 Å². The lowest BCUT2D eigenvalue weighted by Gasteiger charge is -2.37. The number of likely N-dealkylation sites (tertiary alicyclic amines) is 1. The number of pyridine rings is 1. The van der Waals surface area contributed by atoms with Crippen molar-refractivity contribution < 1.29 is 14.7 Å². The van der Waals surface area contributed by atoms with Gasteiger partial charge in [0.05, 0.1) is 5.92 Å². The molecule has 5 nitrogen and oxygen atoms in total. The first-order chi connectivity index (χ1) is 9.54. The van der Waals surface area contributed by atoms with Gasteiger partial charge in [0, 0.05) is 18.8 Å². The van der Waals surface area contributed by atoms with Crippen LogP contribution in [0.3, 0.4) is 0 Å². The third-order valence-corrected chi connectivity index (χ3v) is 4.02. The maximum Gasteiger partial charge on any atom is 0.308 e. The van der Waals surface area contributed by atoms with Crippen LogP contribution >= 0.6 is 0 Å². The van der Waals surface area contributed by atoms with Gasteiger partial charge in [-0.25, -0.2) is 0 Å². The molecule has 0 bridgehead atoms. The number of aromatic nitrogens is 1. The molecule has 2 atom stereocenters. The molecule has 1 aliphatic rings. The van der Waals surface area contributed by atoms with E-state index in [2.05, 4.69) is 4.98 Å². The van der Waals surface area contributed by atoms with Crippen LogP contribution in [0.15, 0.2) is 18.3 Å². The normalized spacial score (nSPS) is 22.6. The zero-order chi connectivity index (χ0) is 14.7. The average molecular weight is 276 g/mol. The Balaban J connectivity index is 2.21. The van der Waals surface area contributed by atoms with Crippen LogP contribution in [0.4, 0.5) is 0 Å². The SMILES string of the molecule is CCc1ccnc(C(=O)N2CCC[C@H](C(=O)O)[C@@H]2C)c1. The smallest absolute Gasteiger partial charge is 0.308 e. The lowest BCUT2D eigenvalue weighted by molar-refractivity contribution is -0.144. The van der Waals surface area contributed by atoms with Crippen molar-refractivity contribution in [1.82, 2.24) is 9.88 Å². The quantitative estimate of drug-likeness (QED) is 0.916. The molecule has 108 valence electrons. The van der Waals surface area contributed by atoms with Crippen LogP contribution in [-0.2, 0) is 11.2 Å². The van der Waals surface area contributed by atoms with Gasteiger partial charge >= 0.3 is 5.97 Å². The standard InChI is InChI=1S/C15H20N2O3/c1-3-11-6-7-16-13(9-11)14(18)17-8-4-5-12(10(17)2)15(19)20/h6-7,9-10,12H,3-5,8H2,1-2H3,(H,19,20)/t10-,12-/m0/s1. The van der Waals surface area contributed by atoms with E-state index in [1.807, 2.05) is 13.0 Å². The topological polar surface area (TPSA) is 70.5 Å². The molecule has 0 saturated carbocycles. The fraction of sp³-hybridized carbons (Fsp3) is 0.533. The van der Waals surface area contributed by atoms with Crippen molar-refractivity contribution in [2.24, 2.45) is 5.92 Å². The molecule has 0 spiro atoms. The van der Waals surface area contributed by atoms with E-state index in [4.69, 9.17) is 0 Å². The Morgan fingerprint density at radius 3 is 2.90 bits per heavy atom. The van der Waals surface area contributed by atoms with E-state index >= 15 is 0 Å². The molecule has 1 aromatic heterocycles. The lowest BCUT2D eigenvalue weighted by Crippen LogP contribution is -2.49. The van der Waals surface area contributed by atoms with Gasteiger partial charge in [-0.3, -0.25) is 14.6 Å². The summed E-state index contributed by atoms with van der Waals surface area (Å²) in [5.41, 5.74) is 1.46. The monoisotopic (exact) mass is 276 g/mol. The van der Waals surface area contributed by atoms with Crippen molar-refractivity contribution in [1.29, 1.82) is 0 Å². The second-order valence-electron chi connectivity index (χ2n) is 5.23. The molecular formula is C15H20N2O3. The summed E-state index contributed by atoms with van der Waals surface area (Å²) < 4.78 is 0. The lowest BCUT2D eigenvalue weighted by atomic mass is 9.90. The van der Waals surface area contributed by atoms with Gasteiger partial charge in [0.25, 0.3) is 5.91 Å². The van der Waals surface area contributed by atoms with Crippen molar-refractivity contribution in [3.8, 4) is 0 Å². The Morgan fingerprint density at radius 1 is 1.50 bits per heavy atom. The van der Waals surface area contributed by atoms with Crippen LogP contribution in [0, 0.1) is 5.92 Å². The Hall–Kier alpha value is -1.91. The van der Waals surface area contributed by atoms with Crippen molar-refractivity contribution in [3.63, 3.8) is 0 Å². The highest BCUT2D eigenvalue weighted by atomic mass is 16.4. The van der Waals surface area contributed by atoms with Gasteiger partial charge in [0.1, 0.15) is 5.69 Å². The summed E-state index contributed by atoms with van der Waals surface area (Å²) >= 11 is 0. The van der Waals surface area contributed by atoms with Crippen LogP contribution in [0.1, 0.15) is 42.7 Å². The summed E-state index contributed by atoms with van der Waals surface area (Å²) in [5, 5.41) is 9.21. The summed E-state index contributed by atoms with van der Waals surface area (Å²) in [5.74, 6) is -1.48. The number of aryl methyl sites for hydroxylation is 1. The maximum absolute atomic E-state index is 12.5. The summed E-state index contributed by atoms with van der Waals surface area (Å²) in [7, 11) is 0. The number of piperidine rings is 1. The number of hydrogen-bond acceptors (Lipinski definition) is 3. The Kier molecular flexibility index (Phi) is 4.37. The van der Waals surface area contributed by atoms with E-state index in [0.29, 0.717) is 18.7 Å². The molecule has 5 heteroatoms. The molecule has 1 aromatic rings. The Bertz CT molecular complexity index is 516. The molecule has 2 heterocycles. The van der Waals surface area contributed by atoms with Gasteiger partial charge in [-0.15, -0.1) is 0 Å². The van der Waals surface area contributed by atoms with Crippen LogP contribution in [0.2, 0.25) is 0 Å². The highest BCUT2D eigenvalue weighted by Gasteiger charge is 2.35. The average Bonchev–Trinajstić information content (AvgIpc) is 2.46. The fourth-order valence-corrected chi connectivity index (χ4v) is 2.72. The largest absolute Gasteiger partial charge is 0.481 e. The zero-order valence-electron chi connectivity index (χ0n) is 11.9. The second-order valence-corrected chi connectivity index (χ2v) is 5.23. The number of carbonyl (C=O) groups excluding carboxylic acids is 1. The molecule has 1 aliphatic heterocycles. The molecule has 2 rings (SSSR count). The van der Waals surface area contributed by atoms with Gasteiger partial charge < -0.3 is 10.0 Å². The van der Waals surface area contributed by atoms with E-state index in [0.717, 1.165) is 18.4 Å². The summed E-state index contributed by atoms with van der Waals surface area (Å²) in [4.78, 5) is 29.5. The van der Waals surface area contributed by atoms with Crippen molar-refractivity contribution >= 4 is 11.9 Å². The minimum absolute atomic E-state index is 0.168. The van der Waals surface area contributed by atoms with Crippen LogP contribution in [0.5, 0.6) is 0 Å². The number of carboxylic acid groups (broad SMARTS) is 1. The number of nitrogens with zero attached hydrogens (tertiary/aromatic N) is 2. The number of hydrogen-bond donors (Lipinski definition) is 1. The molecule has 0 unspecified atom stereocenters. The number of rotatable bonds is 3. The Morgan fingerprint density at radius 2 is 2.25 bits per heavy atom. The highest BCUT2D eigenvalue weighted by Crippen LogP contribution is 2.25. The first kappa shape index (κ1) is 14.5. The predicted molar refractivity (Wildman–Crippen MR) is 74.5 cm³/mol. The van der Waals surface area contributed by atoms with Gasteiger partial charge in [0.15, 0.2) is 0 Å². The molecule has 0 aliphatic carbocycles. The van der Waals surface area contributed by atoms with Gasteiger partial charge in [-0.05, 0) is 43.9 Å². The number of carbonyl (C=O) groups is 2. The molecule has 1 N–H and O–H groups in total. The van der Waals surface area contributed by atoms with Crippen molar-refractivity contribution in [2.45, 2.75) is 39.2 Å². The number of aliphatic carboxylic acids is 1. The summed E-state index contributed by atoms with van der Waals surface area (Å²) in [6.07, 6.45) is 3.83. The third-order valence-electron chi connectivity index (χ3n) is 4.02. The highest BCUT2D eigenvalue weighted by molar-refractivity contribution is 5.93. The Labute approximate surface area is 118 Å². The molecule has 1 fully saturated rings. The molecule has 0 aromatic carbocycles. The molecule has 0 radical (unpaired) electrons. The molecule has 20 heavy (non-hydrogen) atoms. The van der Waals surface area contributed by atoms with Crippen LogP contribution in [-0.4, -0.2) is 39.5 Å². The minimum atomic E-state index is -0.828. The van der Waals surface area contributed by atoms with Gasteiger partial charge in [-0.2, -0.15) is 0 Å². The first-order valence-corrected chi connectivity index (χ1v) is 7.03. The van der Waals surface area contributed by atoms with E-state index in [9.17, 15) is 14.7 Å². The first-order valence-electron chi connectivity index (χ1n) is 7.03. The van der Waals surface area contributed by atoms with E-state index < -0.39 is 11.9 Å². The van der Waals surface area contributed by atoms with E-state index in [1.54, 1.807) is 24.1 Å². The molecule has 1 amide bonds. The van der Waals surface area contributed by atoms with E-state index in [1.165, 1.54) is 0 Å². The van der Waals surface area contributed by atoms with Crippen LogP contribution in [0.25, 0.3) is 0 Å². The molecular weight excluding hydrogens is 256 g/mol. The van der Waals surface area contributed by atoms with E-state index in [-0.39, 0.29) is 11.9 Å². The predicted octanol–water partition coefficient (Wildman–Crippen LogP) is 1.97. The number of carboxylic acids is 1. The summed E-state index contributed by atoms with van der Waals surface area (Å²) in [6, 6.07) is 3.39. The van der Waals surface area contributed by atoms with Gasteiger partial charge in [-0.1, -0.05) is 6.92 Å². The number of amides is 1. The van der Waals surface area contributed by atoms with Crippen LogP contribution < -0.4 is 0 Å². The molecule has 1 saturated heterocycles. The third kappa shape index (κ3) is 2.81. The van der Waals surface area contributed by atoms with Gasteiger partial charge in [0.2, 0.25) is 0 Å². The fourth-order valence-electron chi connectivity index (χ4n) is 2.72. The summed E-state index contributed by atoms with van der Waals surface area (Å²) in [6.45, 7) is 4.43. The minimum Gasteiger partial charge on any atom is -0.481 e. The zero-order valence-corrected chi connectivity index (χ0v) is 11.9. The second kappa shape index (κ2) is 6.03. The van der Waals surface area contributed by atoms with Crippen molar-refractivity contribution in [2.75, 3.05) is 6.54 Å². The maximum atomic E-state index is 12.5.